The van der Waals surface area contributed by atoms with Gasteiger partial charge < -0.3 is 10.6 Å². The van der Waals surface area contributed by atoms with Crippen LogP contribution in [0.1, 0.15) is 47.9 Å². The summed E-state index contributed by atoms with van der Waals surface area (Å²) in [4.78, 5) is 24.7. The highest BCUT2D eigenvalue weighted by Crippen LogP contribution is 2.09. The fourth-order valence-corrected chi connectivity index (χ4v) is 1.68. The fourth-order valence-electron chi connectivity index (χ4n) is 1.68. The van der Waals surface area contributed by atoms with Crippen molar-refractivity contribution in [1.82, 2.24) is 4.90 Å². The number of hydrogen-bond acceptors (Lipinski definition) is 3. The van der Waals surface area contributed by atoms with Gasteiger partial charge in [0.1, 0.15) is 0 Å². The third-order valence-electron chi connectivity index (χ3n) is 2.54. The molecule has 1 rings (SSSR count). The maximum atomic E-state index is 11.6. The van der Waals surface area contributed by atoms with Gasteiger partial charge in [-0.05, 0) is 19.3 Å². The Morgan fingerprint density at radius 2 is 1.81 bits per heavy atom. The van der Waals surface area contributed by atoms with E-state index in [4.69, 9.17) is 5.73 Å². The predicted molar refractivity (Wildman–Crippen MR) is 67.2 cm³/mol. The normalized spacial score (nSPS) is 16.4. The van der Waals surface area contributed by atoms with Crippen LogP contribution in [0.25, 0.3) is 0 Å². The molecule has 1 atom stereocenters. The van der Waals surface area contributed by atoms with Crippen molar-refractivity contribution < 1.29 is 11.0 Å². The van der Waals surface area contributed by atoms with Crippen LogP contribution < -0.4 is 5.73 Å². The minimum Gasteiger partial charge on any atom is -0.336 e. The lowest BCUT2D eigenvalue weighted by atomic mass is 10.1. The van der Waals surface area contributed by atoms with Gasteiger partial charge in [-0.1, -0.05) is 27.2 Å². The van der Waals surface area contributed by atoms with Crippen LogP contribution in [0.2, 0.25) is 0 Å². The van der Waals surface area contributed by atoms with E-state index < -0.39 is 11.8 Å². The summed E-state index contributed by atoms with van der Waals surface area (Å²) in [6.07, 6.45) is 3.43. The zero-order valence-corrected chi connectivity index (χ0v) is 10.7. The number of carbonyl (C=O) groups excluding carboxylic acids is 2. The Hall–Kier alpha value is -0.900. The number of nitrogens with two attached hydrogens (primary N) is 1. The van der Waals surface area contributed by atoms with Gasteiger partial charge in [-0.15, -0.1) is 0 Å². The zero-order valence-electron chi connectivity index (χ0n) is 10.7. The minimum absolute atomic E-state index is 0. The SMILES string of the molecule is CC.CCCC(N)C(=O)C(=O)N1CCCC1.[HH]. The summed E-state index contributed by atoms with van der Waals surface area (Å²) in [5.41, 5.74) is 5.60. The van der Waals surface area contributed by atoms with Crippen molar-refractivity contribution in [2.75, 3.05) is 13.1 Å². The van der Waals surface area contributed by atoms with Gasteiger partial charge in [0.25, 0.3) is 5.91 Å². The van der Waals surface area contributed by atoms with Gasteiger partial charge in [0.2, 0.25) is 5.78 Å². The molecule has 0 aromatic rings. The number of ketones is 1. The van der Waals surface area contributed by atoms with E-state index >= 15 is 0 Å². The number of carbonyl (C=O) groups is 2. The topological polar surface area (TPSA) is 63.4 Å². The lowest BCUT2D eigenvalue weighted by Gasteiger charge is -2.16. The van der Waals surface area contributed by atoms with E-state index in [9.17, 15) is 9.59 Å². The smallest absolute Gasteiger partial charge is 0.291 e. The molecular weight excluding hydrogens is 204 g/mol. The Kier molecular flexibility index (Phi) is 7.81. The van der Waals surface area contributed by atoms with Crippen molar-refractivity contribution in [3.05, 3.63) is 0 Å². The third kappa shape index (κ3) is 4.31. The minimum atomic E-state index is -0.604. The molecule has 0 aromatic carbocycles. The summed E-state index contributed by atoms with van der Waals surface area (Å²) < 4.78 is 0. The number of rotatable bonds is 4. The molecule has 0 aromatic heterocycles. The van der Waals surface area contributed by atoms with E-state index in [0.717, 1.165) is 19.3 Å². The van der Waals surface area contributed by atoms with Crippen LogP contribution >= 0.6 is 0 Å². The monoisotopic (exact) mass is 230 g/mol. The van der Waals surface area contributed by atoms with E-state index in [1.165, 1.54) is 0 Å². The highest BCUT2D eigenvalue weighted by molar-refractivity contribution is 6.38. The third-order valence-corrected chi connectivity index (χ3v) is 2.54. The molecule has 1 aliphatic rings. The molecule has 1 saturated heterocycles. The number of hydrogen-bond donors (Lipinski definition) is 1. The fraction of sp³-hybridized carbons (Fsp3) is 0.833. The molecule has 1 heterocycles. The van der Waals surface area contributed by atoms with Crippen molar-refractivity contribution >= 4 is 11.7 Å². The zero-order chi connectivity index (χ0) is 12.6. The number of nitrogens with zero attached hydrogens (tertiary/aromatic N) is 1. The maximum Gasteiger partial charge on any atom is 0.291 e. The molecule has 0 aliphatic carbocycles. The van der Waals surface area contributed by atoms with Crippen molar-refractivity contribution in [2.45, 2.75) is 52.5 Å². The molecule has 4 nitrogen and oxygen atoms in total. The van der Waals surface area contributed by atoms with E-state index in [1.807, 2.05) is 20.8 Å². The first-order chi connectivity index (χ1) is 7.66. The van der Waals surface area contributed by atoms with E-state index in [1.54, 1.807) is 4.90 Å². The molecule has 16 heavy (non-hydrogen) atoms. The lowest BCUT2D eigenvalue weighted by Crippen LogP contribution is -2.43. The Balaban J connectivity index is 0. The molecular formula is C12H26N2O2. The van der Waals surface area contributed by atoms with Crippen LogP contribution in [-0.2, 0) is 9.59 Å². The Labute approximate surface area is 99.7 Å². The average Bonchev–Trinajstić information content (AvgIpc) is 2.83. The van der Waals surface area contributed by atoms with E-state index in [2.05, 4.69) is 0 Å². The van der Waals surface area contributed by atoms with Crippen LogP contribution in [0.15, 0.2) is 0 Å². The summed E-state index contributed by atoms with van der Waals surface area (Å²) in [7, 11) is 0. The molecule has 4 heteroatoms. The van der Waals surface area contributed by atoms with Crippen molar-refractivity contribution in [1.29, 1.82) is 0 Å². The second-order valence-corrected chi connectivity index (χ2v) is 3.76. The Bertz CT molecular complexity index is 229. The molecule has 0 saturated carbocycles. The largest absolute Gasteiger partial charge is 0.336 e. The van der Waals surface area contributed by atoms with Crippen LogP contribution in [0.5, 0.6) is 0 Å². The molecule has 1 amide bonds. The maximum absolute atomic E-state index is 11.6. The first-order valence-corrected chi connectivity index (χ1v) is 6.25. The van der Waals surface area contributed by atoms with Crippen molar-refractivity contribution in [2.24, 2.45) is 5.73 Å². The molecule has 0 spiro atoms. The highest BCUT2D eigenvalue weighted by atomic mass is 16.2. The van der Waals surface area contributed by atoms with E-state index in [0.29, 0.717) is 19.5 Å². The predicted octanol–water partition coefficient (Wildman–Crippen LogP) is 1.58. The molecule has 1 fully saturated rings. The number of amides is 1. The van der Waals surface area contributed by atoms with Crippen LogP contribution in [0, 0.1) is 0 Å². The van der Waals surface area contributed by atoms with Gasteiger partial charge in [-0.3, -0.25) is 9.59 Å². The summed E-state index contributed by atoms with van der Waals surface area (Å²) in [6.45, 7) is 7.38. The van der Waals surface area contributed by atoms with Crippen LogP contribution in [-0.4, -0.2) is 35.7 Å². The number of likely N-dealkylation sites (tertiary alicyclic amines) is 1. The Morgan fingerprint density at radius 3 is 2.25 bits per heavy atom. The average molecular weight is 230 g/mol. The summed E-state index contributed by atoms with van der Waals surface area (Å²) in [5.74, 6) is -0.808. The summed E-state index contributed by atoms with van der Waals surface area (Å²) in [5, 5.41) is 0. The number of Topliss-reactive ketones (excluding diaryl/α,β-unsaturated/α-hetero) is 1. The standard InChI is InChI=1S/C10H18N2O2.C2H6.H2/c1-2-5-8(11)9(13)10(14)12-6-3-4-7-12;1-2;/h8H,2-7,11H2,1H3;1-2H3;1H. The van der Waals surface area contributed by atoms with Crippen molar-refractivity contribution in [3.63, 3.8) is 0 Å². The van der Waals surface area contributed by atoms with Crippen LogP contribution in [0.4, 0.5) is 0 Å². The van der Waals surface area contributed by atoms with Gasteiger partial charge in [-0.25, -0.2) is 0 Å². The van der Waals surface area contributed by atoms with Gasteiger partial charge in [-0.2, -0.15) is 0 Å². The first kappa shape index (κ1) is 15.1. The second-order valence-electron chi connectivity index (χ2n) is 3.76. The Morgan fingerprint density at radius 1 is 1.31 bits per heavy atom. The van der Waals surface area contributed by atoms with Gasteiger partial charge >= 0.3 is 0 Å². The first-order valence-electron chi connectivity index (χ1n) is 6.25. The molecule has 96 valence electrons. The van der Waals surface area contributed by atoms with Gasteiger partial charge in [0.15, 0.2) is 0 Å². The molecule has 0 bridgehead atoms. The van der Waals surface area contributed by atoms with Crippen LogP contribution in [0.3, 0.4) is 0 Å². The molecule has 1 aliphatic heterocycles. The molecule has 0 radical (unpaired) electrons. The van der Waals surface area contributed by atoms with Gasteiger partial charge in [0, 0.05) is 14.5 Å². The quantitative estimate of drug-likeness (QED) is 0.746. The summed E-state index contributed by atoms with van der Waals surface area (Å²) in [6, 6.07) is -0.604. The highest BCUT2D eigenvalue weighted by Gasteiger charge is 2.27. The molecule has 2 N–H and O–H groups in total. The van der Waals surface area contributed by atoms with Crippen molar-refractivity contribution in [3.8, 4) is 0 Å². The van der Waals surface area contributed by atoms with Gasteiger partial charge in [0.05, 0.1) is 6.04 Å². The molecule has 1 unspecified atom stereocenters. The van der Waals surface area contributed by atoms with E-state index in [-0.39, 0.29) is 7.33 Å². The summed E-state index contributed by atoms with van der Waals surface area (Å²) >= 11 is 0. The second kappa shape index (κ2) is 8.28. The lowest BCUT2D eigenvalue weighted by molar-refractivity contribution is -0.144.